The number of ketones is 1. The first-order chi connectivity index (χ1) is 11.7. The molecule has 25 heavy (non-hydrogen) atoms. The van der Waals surface area contributed by atoms with Crippen LogP contribution in [0.4, 0.5) is 0 Å². The van der Waals surface area contributed by atoms with Gasteiger partial charge in [-0.05, 0) is 43.2 Å². The van der Waals surface area contributed by atoms with Crippen LogP contribution in [0.3, 0.4) is 0 Å². The molecule has 0 radical (unpaired) electrons. The summed E-state index contributed by atoms with van der Waals surface area (Å²) in [6.45, 7) is 15.1. The van der Waals surface area contributed by atoms with E-state index in [1.54, 1.807) is 0 Å². The van der Waals surface area contributed by atoms with E-state index in [0.29, 0.717) is 11.8 Å². The predicted molar refractivity (Wildman–Crippen MR) is 110 cm³/mol. The second kappa shape index (κ2) is 9.94. The van der Waals surface area contributed by atoms with Gasteiger partial charge in [-0.25, -0.2) is 0 Å². The van der Waals surface area contributed by atoms with Crippen LogP contribution in [0.2, 0.25) is 0 Å². The van der Waals surface area contributed by atoms with Crippen molar-refractivity contribution in [1.29, 1.82) is 0 Å². The normalized spacial score (nSPS) is 14.0. The van der Waals surface area contributed by atoms with E-state index >= 15 is 0 Å². The number of carbonyl (C=O) groups is 1. The van der Waals surface area contributed by atoms with Gasteiger partial charge in [0.25, 0.3) is 0 Å². The van der Waals surface area contributed by atoms with Gasteiger partial charge in [0.2, 0.25) is 0 Å². The number of carbonyl (C=O) groups excluding carboxylic acids is 1. The van der Waals surface area contributed by atoms with Gasteiger partial charge in [0.1, 0.15) is 0 Å². The minimum Gasteiger partial charge on any atom is -0.294 e. The van der Waals surface area contributed by atoms with Crippen molar-refractivity contribution in [2.24, 2.45) is 17.3 Å². The molecular weight excluding hydrogens is 304 g/mol. The molecule has 1 aromatic carbocycles. The van der Waals surface area contributed by atoms with Crippen LogP contribution in [0.15, 0.2) is 35.9 Å². The molecule has 0 saturated heterocycles. The van der Waals surface area contributed by atoms with Crippen molar-refractivity contribution in [2.45, 2.75) is 80.6 Å². The lowest BCUT2D eigenvalue weighted by Crippen LogP contribution is -2.29. The number of hydrogen-bond acceptors (Lipinski definition) is 1. The first-order valence-corrected chi connectivity index (χ1v) is 9.98. The van der Waals surface area contributed by atoms with Crippen LogP contribution in [-0.4, -0.2) is 5.78 Å². The van der Waals surface area contributed by atoms with Crippen molar-refractivity contribution in [3.05, 3.63) is 47.0 Å². The first kappa shape index (κ1) is 21.7. The highest BCUT2D eigenvalue weighted by Gasteiger charge is 2.30. The quantitative estimate of drug-likeness (QED) is 0.333. The van der Waals surface area contributed by atoms with E-state index in [9.17, 15) is 4.79 Å². The number of allylic oxidation sites excluding steroid dienone is 2. The zero-order chi connectivity index (χ0) is 19.0. The van der Waals surface area contributed by atoms with Gasteiger partial charge in [0, 0.05) is 5.41 Å². The van der Waals surface area contributed by atoms with Crippen molar-refractivity contribution in [3.8, 4) is 0 Å². The molecule has 0 heterocycles. The van der Waals surface area contributed by atoms with E-state index in [2.05, 4.69) is 72.7 Å². The van der Waals surface area contributed by atoms with Crippen LogP contribution in [-0.2, 0) is 11.2 Å². The molecule has 1 unspecified atom stereocenters. The molecule has 0 fully saturated rings. The molecule has 1 atom stereocenters. The van der Waals surface area contributed by atoms with Gasteiger partial charge in [-0.3, -0.25) is 4.79 Å². The van der Waals surface area contributed by atoms with Crippen LogP contribution in [0.5, 0.6) is 0 Å². The Morgan fingerprint density at radius 1 is 1.16 bits per heavy atom. The zero-order valence-corrected chi connectivity index (χ0v) is 17.5. The summed E-state index contributed by atoms with van der Waals surface area (Å²) in [7, 11) is 0. The molecule has 0 aliphatic heterocycles. The SMILES string of the molecule is CCCCCC(C)/C(=C\C(=O)C(C)(C)C(C)C)Cc1cccc(C)c1. The fraction of sp³-hybridized carbons (Fsp3) is 0.625. The Labute approximate surface area is 155 Å². The Hall–Kier alpha value is -1.37. The van der Waals surface area contributed by atoms with Crippen LogP contribution in [0, 0.1) is 24.2 Å². The lowest BCUT2D eigenvalue weighted by Gasteiger charge is -2.27. The van der Waals surface area contributed by atoms with Crippen molar-refractivity contribution < 1.29 is 4.79 Å². The maximum Gasteiger partial charge on any atom is 0.161 e. The number of unbranched alkanes of at least 4 members (excludes halogenated alkanes) is 2. The summed E-state index contributed by atoms with van der Waals surface area (Å²) in [6, 6.07) is 8.66. The zero-order valence-electron chi connectivity index (χ0n) is 17.5. The van der Waals surface area contributed by atoms with Gasteiger partial charge < -0.3 is 0 Å². The predicted octanol–water partition coefficient (Wildman–Crippen LogP) is 6.93. The fourth-order valence-corrected chi connectivity index (χ4v) is 2.95. The standard InChI is InChI=1S/C24H38O/c1-8-9-10-13-20(5)22(16-21-14-11-12-19(4)15-21)17-23(25)24(6,7)18(2)3/h11-12,14-15,17-18,20H,8-10,13,16H2,1-7H3/b22-17-. The van der Waals surface area contributed by atoms with Crippen molar-refractivity contribution >= 4 is 5.78 Å². The lowest BCUT2D eigenvalue weighted by molar-refractivity contribution is -0.124. The third kappa shape index (κ3) is 6.80. The molecule has 0 saturated carbocycles. The molecule has 1 heteroatoms. The Balaban J connectivity index is 3.05. The van der Waals surface area contributed by atoms with Crippen molar-refractivity contribution in [3.63, 3.8) is 0 Å². The Morgan fingerprint density at radius 2 is 1.84 bits per heavy atom. The summed E-state index contributed by atoms with van der Waals surface area (Å²) in [5, 5.41) is 0. The second-order valence-corrected chi connectivity index (χ2v) is 8.52. The molecule has 140 valence electrons. The van der Waals surface area contributed by atoms with E-state index in [0.717, 1.165) is 6.42 Å². The molecule has 1 nitrogen and oxygen atoms in total. The highest BCUT2D eigenvalue weighted by Crippen LogP contribution is 2.30. The molecule has 0 spiro atoms. The van der Waals surface area contributed by atoms with Gasteiger partial charge in [-0.1, -0.05) is 96.2 Å². The van der Waals surface area contributed by atoms with Gasteiger partial charge >= 0.3 is 0 Å². The molecule has 0 aromatic heterocycles. The third-order valence-corrected chi connectivity index (χ3v) is 5.76. The van der Waals surface area contributed by atoms with Gasteiger partial charge in [-0.2, -0.15) is 0 Å². The lowest BCUT2D eigenvalue weighted by atomic mass is 9.76. The monoisotopic (exact) mass is 342 g/mol. The highest BCUT2D eigenvalue weighted by atomic mass is 16.1. The average Bonchev–Trinajstić information content (AvgIpc) is 2.54. The van der Waals surface area contributed by atoms with E-state index in [4.69, 9.17) is 0 Å². The maximum atomic E-state index is 12.9. The Kier molecular flexibility index (Phi) is 8.62. The molecule has 1 aromatic rings. The molecular formula is C24H38O. The molecule has 0 aliphatic rings. The summed E-state index contributed by atoms with van der Waals surface area (Å²) >= 11 is 0. The van der Waals surface area contributed by atoms with Crippen LogP contribution < -0.4 is 0 Å². The molecule has 1 rings (SSSR count). The molecule has 0 aliphatic carbocycles. The summed E-state index contributed by atoms with van der Waals surface area (Å²) < 4.78 is 0. The molecule has 0 amide bonds. The minimum absolute atomic E-state index is 0.271. The minimum atomic E-state index is -0.305. The molecule has 0 bridgehead atoms. The third-order valence-electron chi connectivity index (χ3n) is 5.76. The van der Waals surface area contributed by atoms with Gasteiger partial charge in [0.15, 0.2) is 5.78 Å². The summed E-state index contributed by atoms with van der Waals surface area (Å²) in [4.78, 5) is 12.9. The number of aryl methyl sites for hydroxylation is 1. The average molecular weight is 343 g/mol. The number of rotatable bonds is 10. The largest absolute Gasteiger partial charge is 0.294 e. The van der Waals surface area contributed by atoms with E-state index in [1.807, 2.05) is 6.08 Å². The fourth-order valence-electron chi connectivity index (χ4n) is 2.95. The van der Waals surface area contributed by atoms with Crippen LogP contribution in [0.1, 0.15) is 78.4 Å². The maximum absolute atomic E-state index is 12.9. The summed E-state index contributed by atoms with van der Waals surface area (Å²) in [5.74, 6) is 1.07. The Morgan fingerprint density at radius 3 is 2.40 bits per heavy atom. The highest BCUT2D eigenvalue weighted by molar-refractivity contribution is 5.95. The van der Waals surface area contributed by atoms with Crippen LogP contribution in [0.25, 0.3) is 0 Å². The first-order valence-electron chi connectivity index (χ1n) is 9.98. The summed E-state index contributed by atoms with van der Waals surface area (Å²) in [6.07, 6.45) is 7.77. The smallest absolute Gasteiger partial charge is 0.161 e. The van der Waals surface area contributed by atoms with Gasteiger partial charge in [-0.15, -0.1) is 0 Å². The van der Waals surface area contributed by atoms with E-state index in [1.165, 1.54) is 42.4 Å². The van der Waals surface area contributed by atoms with E-state index < -0.39 is 0 Å². The van der Waals surface area contributed by atoms with E-state index in [-0.39, 0.29) is 11.2 Å². The topological polar surface area (TPSA) is 17.1 Å². The number of hydrogen-bond donors (Lipinski definition) is 0. The van der Waals surface area contributed by atoms with Crippen molar-refractivity contribution in [1.82, 2.24) is 0 Å². The molecule has 0 N–H and O–H groups in total. The summed E-state index contributed by atoms with van der Waals surface area (Å²) in [5.41, 5.74) is 3.58. The van der Waals surface area contributed by atoms with Crippen LogP contribution >= 0.6 is 0 Å². The van der Waals surface area contributed by atoms with Crippen molar-refractivity contribution in [2.75, 3.05) is 0 Å². The second-order valence-electron chi connectivity index (χ2n) is 8.52. The number of benzene rings is 1. The Bertz CT molecular complexity index is 578. The van der Waals surface area contributed by atoms with Gasteiger partial charge in [0.05, 0.1) is 0 Å².